The number of amides is 1. The van der Waals surface area contributed by atoms with Crippen LogP contribution in [0.15, 0.2) is 24.4 Å². The van der Waals surface area contributed by atoms with Crippen LogP contribution in [-0.4, -0.2) is 27.7 Å². The molecule has 0 aliphatic rings. The summed E-state index contributed by atoms with van der Waals surface area (Å²) in [6, 6.07) is 5.67. The number of rotatable bonds is 5. The highest BCUT2D eigenvalue weighted by Gasteiger charge is 2.18. The first kappa shape index (κ1) is 21.0. The number of carbonyl (C=O) groups is 1. The second-order valence-electron chi connectivity index (χ2n) is 7.45. The van der Waals surface area contributed by atoms with Crippen LogP contribution in [0.5, 0.6) is 0 Å². The zero-order valence-corrected chi connectivity index (χ0v) is 17.4. The van der Waals surface area contributed by atoms with Gasteiger partial charge in [-0.25, -0.2) is 14.8 Å². The molecule has 2 N–H and O–H groups in total. The molecule has 146 valence electrons. The molecule has 0 bridgehead atoms. The summed E-state index contributed by atoms with van der Waals surface area (Å²) in [5, 5.41) is 6.54. The minimum atomic E-state index is -0.591. The van der Waals surface area contributed by atoms with E-state index in [1.807, 2.05) is 13.0 Å². The summed E-state index contributed by atoms with van der Waals surface area (Å²) in [4.78, 5) is 20.9. The van der Waals surface area contributed by atoms with Gasteiger partial charge in [0.2, 0.25) is 0 Å². The van der Waals surface area contributed by atoms with Crippen LogP contribution in [0.1, 0.15) is 46.9 Å². The maximum atomic E-state index is 12.1. The fraction of sp³-hybridized carbons (Fsp3) is 0.450. The van der Waals surface area contributed by atoms with Crippen molar-refractivity contribution in [1.29, 1.82) is 0 Å². The molecule has 0 spiro atoms. The van der Waals surface area contributed by atoms with Gasteiger partial charge in [-0.3, -0.25) is 5.32 Å². The van der Waals surface area contributed by atoms with Crippen LogP contribution in [0.25, 0.3) is 11.1 Å². The van der Waals surface area contributed by atoms with Crippen molar-refractivity contribution in [3.05, 3.63) is 35.2 Å². The van der Waals surface area contributed by atoms with Gasteiger partial charge in [-0.15, -0.1) is 0 Å². The van der Waals surface area contributed by atoms with E-state index in [9.17, 15) is 4.79 Å². The van der Waals surface area contributed by atoms with Gasteiger partial charge in [0.15, 0.2) is 0 Å². The number of nitrogens with one attached hydrogen (secondary N) is 2. The number of hydrogen-bond acceptors (Lipinski definition) is 5. The van der Waals surface area contributed by atoms with E-state index in [0.29, 0.717) is 16.5 Å². The van der Waals surface area contributed by atoms with E-state index in [4.69, 9.17) is 16.3 Å². The van der Waals surface area contributed by atoms with Crippen LogP contribution in [0.4, 0.5) is 16.3 Å². The standard InChI is InChI=1S/C20H27ClN4O2/c1-7-12(2)23-18-15(11-22-13(3)24-18)14-8-9-16(21)17(10-14)25-19(26)27-20(4,5)6/h8-12H,7H2,1-6H3,(H,25,26)(H,22,23,24). The Labute approximate surface area is 165 Å². The number of aromatic nitrogens is 2. The van der Waals surface area contributed by atoms with Crippen molar-refractivity contribution in [3.63, 3.8) is 0 Å². The Morgan fingerprint density at radius 2 is 2.04 bits per heavy atom. The van der Waals surface area contributed by atoms with Gasteiger partial charge in [-0.05, 0) is 58.7 Å². The predicted molar refractivity (Wildman–Crippen MR) is 110 cm³/mol. The summed E-state index contributed by atoms with van der Waals surface area (Å²) in [6.45, 7) is 11.5. The molecule has 1 atom stereocenters. The molecule has 1 unspecified atom stereocenters. The minimum absolute atomic E-state index is 0.268. The Morgan fingerprint density at radius 1 is 1.33 bits per heavy atom. The maximum Gasteiger partial charge on any atom is 0.412 e. The van der Waals surface area contributed by atoms with Gasteiger partial charge >= 0.3 is 6.09 Å². The summed E-state index contributed by atoms with van der Waals surface area (Å²) < 4.78 is 5.30. The van der Waals surface area contributed by atoms with E-state index in [0.717, 1.165) is 23.4 Å². The van der Waals surface area contributed by atoms with E-state index < -0.39 is 11.7 Å². The van der Waals surface area contributed by atoms with Gasteiger partial charge in [-0.1, -0.05) is 24.6 Å². The summed E-state index contributed by atoms with van der Waals surface area (Å²) >= 11 is 6.25. The number of carbonyl (C=O) groups excluding carboxylic acids is 1. The fourth-order valence-electron chi connectivity index (χ4n) is 2.33. The van der Waals surface area contributed by atoms with E-state index >= 15 is 0 Å². The van der Waals surface area contributed by atoms with Gasteiger partial charge in [-0.2, -0.15) is 0 Å². The molecular formula is C20H27ClN4O2. The average Bonchev–Trinajstić information content (AvgIpc) is 2.55. The Balaban J connectivity index is 2.36. The van der Waals surface area contributed by atoms with Crippen molar-refractivity contribution in [2.75, 3.05) is 10.6 Å². The molecule has 6 nitrogen and oxygen atoms in total. The number of nitrogens with zero attached hydrogens (tertiary/aromatic N) is 2. The van der Waals surface area contributed by atoms with Crippen molar-refractivity contribution in [2.24, 2.45) is 0 Å². The average molecular weight is 391 g/mol. The van der Waals surface area contributed by atoms with E-state index in [-0.39, 0.29) is 6.04 Å². The number of benzene rings is 1. The minimum Gasteiger partial charge on any atom is -0.444 e. The van der Waals surface area contributed by atoms with Gasteiger partial charge < -0.3 is 10.1 Å². The Kier molecular flexibility index (Phi) is 6.65. The molecule has 2 aromatic rings. The van der Waals surface area contributed by atoms with Crippen LogP contribution in [0.2, 0.25) is 5.02 Å². The quantitative estimate of drug-likeness (QED) is 0.688. The molecule has 0 radical (unpaired) electrons. The maximum absolute atomic E-state index is 12.1. The van der Waals surface area contributed by atoms with Crippen LogP contribution in [0.3, 0.4) is 0 Å². The monoisotopic (exact) mass is 390 g/mol. The SMILES string of the molecule is CCC(C)Nc1nc(C)ncc1-c1ccc(Cl)c(NC(=O)OC(C)(C)C)c1. The first-order valence-electron chi connectivity index (χ1n) is 8.99. The largest absolute Gasteiger partial charge is 0.444 e. The van der Waals surface area contributed by atoms with E-state index in [2.05, 4.69) is 34.4 Å². The number of aryl methyl sites for hydroxylation is 1. The third kappa shape index (κ3) is 6.10. The molecule has 2 rings (SSSR count). The zero-order chi connectivity index (χ0) is 20.2. The molecular weight excluding hydrogens is 364 g/mol. The van der Waals surface area contributed by atoms with E-state index in [1.54, 1.807) is 39.1 Å². The molecule has 1 heterocycles. The normalized spacial score (nSPS) is 12.4. The topological polar surface area (TPSA) is 76.1 Å². The lowest BCUT2D eigenvalue weighted by molar-refractivity contribution is 0.0636. The molecule has 0 aliphatic heterocycles. The lowest BCUT2D eigenvalue weighted by Crippen LogP contribution is -2.27. The van der Waals surface area contributed by atoms with Crippen LogP contribution >= 0.6 is 11.6 Å². The molecule has 1 aromatic carbocycles. The molecule has 0 fully saturated rings. The first-order chi connectivity index (χ1) is 12.6. The number of halogens is 1. The number of hydrogen-bond donors (Lipinski definition) is 2. The Hall–Kier alpha value is -2.34. The smallest absolute Gasteiger partial charge is 0.412 e. The summed E-state index contributed by atoms with van der Waals surface area (Å²) in [7, 11) is 0. The highest BCUT2D eigenvalue weighted by atomic mass is 35.5. The second kappa shape index (κ2) is 8.57. The number of ether oxygens (including phenoxy) is 1. The lowest BCUT2D eigenvalue weighted by atomic mass is 10.1. The van der Waals surface area contributed by atoms with Crippen molar-refractivity contribution in [1.82, 2.24) is 9.97 Å². The van der Waals surface area contributed by atoms with Gasteiger partial charge in [0.25, 0.3) is 0 Å². The summed E-state index contributed by atoms with van der Waals surface area (Å²) in [6.07, 6.45) is 2.18. The summed E-state index contributed by atoms with van der Waals surface area (Å²) in [5.74, 6) is 1.44. The molecule has 1 aromatic heterocycles. The van der Waals surface area contributed by atoms with Crippen molar-refractivity contribution >= 4 is 29.2 Å². The Bertz CT molecular complexity index is 818. The zero-order valence-electron chi connectivity index (χ0n) is 16.7. The molecule has 1 amide bonds. The molecule has 0 aliphatic carbocycles. The second-order valence-corrected chi connectivity index (χ2v) is 7.86. The van der Waals surface area contributed by atoms with Crippen LogP contribution in [0, 0.1) is 6.92 Å². The van der Waals surface area contributed by atoms with Crippen molar-refractivity contribution in [2.45, 2.75) is 59.6 Å². The third-order valence-corrected chi connectivity index (χ3v) is 4.15. The van der Waals surface area contributed by atoms with Crippen molar-refractivity contribution in [3.8, 4) is 11.1 Å². The molecule has 7 heteroatoms. The number of anilines is 2. The van der Waals surface area contributed by atoms with Gasteiger partial charge in [0.1, 0.15) is 17.2 Å². The molecule has 0 saturated carbocycles. The predicted octanol–water partition coefficient (Wildman–Crippen LogP) is 5.66. The van der Waals surface area contributed by atoms with Crippen LogP contribution in [-0.2, 0) is 4.74 Å². The van der Waals surface area contributed by atoms with Crippen molar-refractivity contribution < 1.29 is 9.53 Å². The van der Waals surface area contributed by atoms with Gasteiger partial charge in [0, 0.05) is 17.8 Å². The third-order valence-electron chi connectivity index (χ3n) is 3.82. The Morgan fingerprint density at radius 3 is 2.67 bits per heavy atom. The molecule has 27 heavy (non-hydrogen) atoms. The highest BCUT2D eigenvalue weighted by molar-refractivity contribution is 6.33. The summed E-state index contributed by atoms with van der Waals surface area (Å²) in [5.41, 5.74) is 1.56. The van der Waals surface area contributed by atoms with E-state index in [1.165, 1.54) is 0 Å². The highest BCUT2D eigenvalue weighted by Crippen LogP contribution is 2.32. The van der Waals surface area contributed by atoms with Gasteiger partial charge in [0.05, 0.1) is 10.7 Å². The fourth-order valence-corrected chi connectivity index (χ4v) is 2.49. The van der Waals surface area contributed by atoms with Crippen LogP contribution < -0.4 is 10.6 Å². The first-order valence-corrected chi connectivity index (χ1v) is 9.37. The molecule has 0 saturated heterocycles. The lowest BCUT2D eigenvalue weighted by Gasteiger charge is -2.20.